The molecule has 0 spiro atoms. The van der Waals surface area contributed by atoms with Crippen LogP contribution in [0, 0.1) is 0 Å². The van der Waals surface area contributed by atoms with E-state index in [4.69, 9.17) is 0 Å². The smallest absolute Gasteiger partial charge is 0.241 e. The largest absolute Gasteiger partial charge is 0.355 e. The lowest BCUT2D eigenvalue weighted by atomic mass is 9.87. The van der Waals surface area contributed by atoms with Gasteiger partial charge in [-0.1, -0.05) is 32.9 Å². The van der Waals surface area contributed by atoms with Crippen LogP contribution in [0.25, 0.3) is 0 Å². The molecule has 1 fully saturated rings. The number of sulfonamides is 1. The van der Waals surface area contributed by atoms with E-state index in [-0.39, 0.29) is 16.2 Å². The summed E-state index contributed by atoms with van der Waals surface area (Å²) in [7, 11) is -3.67. The fourth-order valence-electron chi connectivity index (χ4n) is 2.27. The zero-order chi connectivity index (χ0) is 15.7. The number of piperidine rings is 1. The number of carbonyl (C=O) groups excluding carboxylic acids is 1. The van der Waals surface area contributed by atoms with Crippen LogP contribution < -0.4 is 10.0 Å². The maximum Gasteiger partial charge on any atom is 0.241 e. The summed E-state index contributed by atoms with van der Waals surface area (Å²) in [5, 5.41) is 2.67. The summed E-state index contributed by atoms with van der Waals surface area (Å²) in [6, 6.07) is 6.13. The normalized spacial score (nSPS) is 20.1. The van der Waals surface area contributed by atoms with Crippen LogP contribution in [0.1, 0.15) is 39.2 Å². The molecule has 5 nitrogen and oxygen atoms in total. The van der Waals surface area contributed by atoms with E-state index >= 15 is 0 Å². The van der Waals surface area contributed by atoms with Gasteiger partial charge in [0.2, 0.25) is 15.9 Å². The summed E-state index contributed by atoms with van der Waals surface area (Å²) < 4.78 is 27.1. The summed E-state index contributed by atoms with van der Waals surface area (Å²) in [6.07, 6.45) is 1.31. The Hall–Kier alpha value is -1.40. The monoisotopic (exact) mass is 310 g/mol. The van der Waals surface area contributed by atoms with Gasteiger partial charge in [-0.3, -0.25) is 4.79 Å². The molecule has 1 aliphatic rings. The van der Waals surface area contributed by atoms with Crippen LogP contribution in [0.5, 0.6) is 0 Å². The minimum Gasteiger partial charge on any atom is -0.355 e. The second-order valence-corrected chi connectivity index (χ2v) is 8.10. The Morgan fingerprint density at radius 1 is 1.19 bits per heavy atom. The van der Waals surface area contributed by atoms with Crippen LogP contribution in [0.2, 0.25) is 0 Å². The third kappa shape index (κ3) is 3.83. The Morgan fingerprint density at radius 2 is 1.81 bits per heavy atom. The first-order valence-corrected chi connectivity index (χ1v) is 8.59. The molecule has 0 bridgehead atoms. The van der Waals surface area contributed by atoms with E-state index in [1.165, 1.54) is 0 Å². The molecule has 2 N–H and O–H groups in total. The number of hydrogen-bond acceptors (Lipinski definition) is 3. The number of nitrogens with one attached hydrogen (secondary N) is 2. The zero-order valence-corrected chi connectivity index (χ0v) is 13.5. The van der Waals surface area contributed by atoms with Gasteiger partial charge in [-0.15, -0.1) is 0 Å². The molecule has 1 aromatic carbocycles. The maximum atomic E-state index is 12.3. The van der Waals surface area contributed by atoms with Crippen molar-refractivity contribution in [3.63, 3.8) is 0 Å². The molecule has 1 amide bonds. The molecule has 6 heteroatoms. The van der Waals surface area contributed by atoms with Gasteiger partial charge in [0.05, 0.1) is 4.90 Å². The standard InChI is InChI=1S/C15H22N2O3S/c1-15(2,3)11-6-8-12(9-7-11)21(19,20)17-13-5-4-10-16-14(13)18/h6-9,13,17H,4-5,10H2,1-3H3,(H,16,18). The van der Waals surface area contributed by atoms with Crippen molar-refractivity contribution in [2.24, 2.45) is 0 Å². The summed E-state index contributed by atoms with van der Waals surface area (Å²) in [4.78, 5) is 11.8. The van der Waals surface area contributed by atoms with Crippen molar-refractivity contribution in [1.82, 2.24) is 10.0 Å². The van der Waals surface area contributed by atoms with Gasteiger partial charge in [0.1, 0.15) is 6.04 Å². The summed E-state index contributed by atoms with van der Waals surface area (Å²) in [5.41, 5.74) is 1.04. The highest BCUT2D eigenvalue weighted by molar-refractivity contribution is 7.89. The molecular weight excluding hydrogens is 288 g/mol. The first-order chi connectivity index (χ1) is 9.70. The predicted molar refractivity (Wildman–Crippen MR) is 81.5 cm³/mol. The van der Waals surface area contributed by atoms with Crippen LogP contribution >= 0.6 is 0 Å². The highest BCUT2D eigenvalue weighted by atomic mass is 32.2. The van der Waals surface area contributed by atoms with Crippen molar-refractivity contribution in [2.45, 2.75) is 50.0 Å². The second-order valence-electron chi connectivity index (χ2n) is 6.38. The Morgan fingerprint density at radius 3 is 2.33 bits per heavy atom. The molecule has 1 aromatic rings. The van der Waals surface area contributed by atoms with Crippen LogP contribution in [-0.2, 0) is 20.2 Å². The topological polar surface area (TPSA) is 75.3 Å². The van der Waals surface area contributed by atoms with E-state index in [1.807, 2.05) is 12.1 Å². The lowest BCUT2D eigenvalue weighted by molar-refractivity contribution is -0.124. The van der Waals surface area contributed by atoms with Gasteiger partial charge in [-0.25, -0.2) is 8.42 Å². The summed E-state index contributed by atoms with van der Waals surface area (Å²) in [6.45, 7) is 6.82. The number of hydrogen-bond donors (Lipinski definition) is 2. The molecule has 1 saturated heterocycles. The lowest BCUT2D eigenvalue weighted by Gasteiger charge is -2.23. The van der Waals surface area contributed by atoms with Crippen molar-refractivity contribution in [3.8, 4) is 0 Å². The first kappa shape index (κ1) is 16.0. The van der Waals surface area contributed by atoms with E-state index in [0.717, 1.165) is 12.0 Å². The minimum absolute atomic E-state index is 0.0288. The van der Waals surface area contributed by atoms with Gasteiger partial charge in [0, 0.05) is 6.54 Å². The highest BCUT2D eigenvalue weighted by Gasteiger charge is 2.27. The molecule has 21 heavy (non-hydrogen) atoms. The van der Waals surface area contributed by atoms with Crippen LogP contribution in [0.3, 0.4) is 0 Å². The van der Waals surface area contributed by atoms with E-state index in [1.54, 1.807) is 12.1 Å². The Labute approximate surface area is 126 Å². The average Bonchev–Trinajstić information content (AvgIpc) is 2.40. The predicted octanol–water partition coefficient (Wildman–Crippen LogP) is 1.54. The van der Waals surface area contributed by atoms with E-state index in [2.05, 4.69) is 30.8 Å². The molecule has 0 aromatic heterocycles. The molecule has 116 valence electrons. The van der Waals surface area contributed by atoms with Crippen molar-refractivity contribution in [3.05, 3.63) is 29.8 Å². The van der Waals surface area contributed by atoms with Gasteiger partial charge in [0.25, 0.3) is 0 Å². The Bertz CT molecular complexity index is 615. The molecule has 2 rings (SSSR count). The molecule has 1 atom stereocenters. The van der Waals surface area contributed by atoms with Crippen molar-refractivity contribution >= 4 is 15.9 Å². The average molecular weight is 310 g/mol. The zero-order valence-electron chi connectivity index (χ0n) is 12.6. The van der Waals surface area contributed by atoms with Gasteiger partial charge < -0.3 is 5.32 Å². The maximum absolute atomic E-state index is 12.3. The summed E-state index contributed by atoms with van der Waals surface area (Å²) >= 11 is 0. The SMILES string of the molecule is CC(C)(C)c1ccc(S(=O)(=O)NC2CCCNC2=O)cc1. The molecule has 0 radical (unpaired) electrons. The van der Waals surface area contributed by atoms with Gasteiger partial charge in [-0.05, 0) is 36.0 Å². The molecular formula is C15H22N2O3S. The number of amides is 1. The fourth-order valence-corrected chi connectivity index (χ4v) is 3.50. The third-order valence-electron chi connectivity index (χ3n) is 3.61. The van der Waals surface area contributed by atoms with Crippen molar-refractivity contribution in [1.29, 1.82) is 0 Å². The Kier molecular flexibility index (Phi) is 4.39. The first-order valence-electron chi connectivity index (χ1n) is 7.11. The fraction of sp³-hybridized carbons (Fsp3) is 0.533. The van der Waals surface area contributed by atoms with Crippen molar-refractivity contribution in [2.75, 3.05) is 6.54 Å². The second kappa shape index (κ2) is 5.77. The molecule has 0 aliphatic carbocycles. The molecule has 0 saturated carbocycles. The number of rotatable bonds is 3. The van der Waals surface area contributed by atoms with Gasteiger partial charge in [0.15, 0.2) is 0 Å². The van der Waals surface area contributed by atoms with E-state index in [9.17, 15) is 13.2 Å². The summed E-state index contributed by atoms with van der Waals surface area (Å²) in [5.74, 6) is -0.254. The molecule has 1 unspecified atom stereocenters. The number of benzene rings is 1. The Balaban J connectivity index is 2.17. The van der Waals surface area contributed by atoms with Crippen LogP contribution in [0.4, 0.5) is 0 Å². The van der Waals surface area contributed by atoms with Gasteiger partial charge in [-0.2, -0.15) is 4.72 Å². The van der Waals surface area contributed by atoms with E-state index in [0.29, 0.717) is 13.0 Å². The third-order valence-corrected chi connectivity index (χ3v) is 5.10. The van der Waals surface area contributed by atoms with Crippen LogP contribution in [-0.4, -0.2) is 26.9 Å². The minimum atomic E-state index is -3.67. The lowest BCUT2D eigenvalue weighted by Crippen LogP contribution is -2.50. The van der Waals surface area contributed by atoms with E-state index < -0.39 is 16.1 Å². The molecule has 1 heterocycles. The van der Waals surface area contributed by atoms with Crippen LogP contribution in [0.15, 0.2) is 29.2 Å². The highest BCUT2D eigenvalue weighted by Crippen LogP contribution is 2.23. The molecule has 1 aliphatic heterocycles. The van der Waals surface area contributed by atoms with Gasteiger partial charge >= 0.3 is 0 Å². The quantitative estimate of drug-likeness (QED) is 0.889. The number of carbonyl (C=O) groups is 1. The van der Waals surface area contributed by atoms with Crippen molar-refractivity contribution < 1.29 is 13.2 Å².